The molecule has 9 heteroatoms. The summed E-state index contributed by atoms with van der Waals surface area (Å²) >= 11 is 0.987. The van der Waals surface area contributed by atoms with Crippen LogP contribution in [0.15, 0.2) is 47.8 Å². The van der Waals surface area contributed by atoms with Crippen molar-refractivity contribution in [1.82, 2.24) is 9.80 Å². The molecule has 0 unspecified atom stereocenters. The van der Waals surface area contributed by atoms with Crippen LogP contribution in [0.2, 0.25) is 0 Å². The van der Waals surface area contributed by atoms with E-state index in [9.17, 15) is 27.9 Å². The van der Waals surface area contributed by atoms with Crippen molar-refractivity contribution in [3.8, 4) is 0 Å². The van der Waals surface area contributed by atoms with Crippen LogP contribution in [0.1, 0.15) is 21.3 Å². The first-order valence-corrected chi connectivity index (χ1v) is 8.91. The zero-order valence-corrected chi connectivity index (χ0v) is 15.3. The normalized spacial score (nSPS) is 26.4. The second-order valence-electron chi connectivity index (χ2n) is 6.35. The number of halogens is 3. The number of carbonyl (C=O) groups excluding carboxylic acids is 2. The molecule has 1 saturated heterocycles. The van der Waals surface area contributed by atoms with Gasteiger partial charge in [0.15, 0.2) is 5.78 Å². The molecular formula is C18H17F3N2O3S. The van der Waals surface area contributed by atoms with Crippen LogP contribution in [-0.2, 0) is 0 Å². The smallest absolute Gasteiger partial charge is 0.363 e. The number of benzene rings is 1. The highest BCUT2D eigenvalue weighted by molar-refractivity contribution is 7.12. The van der Waals surface area contributed by atoms with E-state index in [-0.39, 0.29) is 9.78 Å². The Bertz CT molecular complexity index is 841. The van der Waals surface area contributed by atoms with Crippen LogP contribution < -0.4 is 0 Å². The van der Waals surface area contributed by atoms with Gasteiger partial charge >= 0.3 is 12.2 Å². The average Bonchev–Trinajstić information content (AvgIpc) is 3.16. The SMILES string of the molecule is CN1C(=O)N(C)[C@](O)(C(F)(F)F)[C@@H](C(=O)c2cccs2)[C@H]1c1ccccc1. The van der Waals surface area contributed by atoms with Crippen molar-refractivity contribution in [2.45, 2.75) is 17.9 Å². The van der Waals surface area contributed by atoms with Gasteiger partial charge in [0.2, 0.25) is 0 Å². The molecule has 1 fully saturated rings. The summed E-state index contributed by atoms with van der Waals surface area (Å²) in [6.45, 7) is 0. The Labute approximate surface area is 157 Å². The van der Waals surface area contributed by atoms with E-state index in [4.69, 9.17) is 0 Å². The van der Waals surface area contributed by atoms with E-state index in [0.717, 1.165) is 23.3 Å². The molecule has 0 radical (unpaired) electrons. The fraction of sp³-hybridized carbons (Fsp3) is 0.333. The summed E-state index contributed by atoms with van der Waals surface area (Å²) in [5.74, 6) is -2.82. The molecule has 1 aliphatic heterocycles. The molecule has 144 valence electrons. The van der Waals surface area contributed by atoms with Gasteiger partial charge < -0.3 is 10.0 Å². The van der Waals surface area contributed by atoms with E-state index < -0.39 is 35.7 Å². The summed E-state index contributed by atoms with van der Waals surface area (Å²) in [5, 5.41) is 12.3. The third-order valence-electron chi connectivity index (χ3n) is 4.87. The van der Waals surface area contributed by atoms with E-state index >= 15 is 0 Å². The molecule has 0 bridgehead atoms. The Morgan fingerprint density at radius 3 is 2.30 bits per heavy atom. The molecule has 3 atom stereocenters. The molecule has 2 heterocycles. The fourth-order valence-corrected chi connectivity index (χ4v) is 4.19. The first kappa shape index (κ1) is 19.4. The summed E-state index contributed by atoms with van der Waals surface area (Å²) < 4.78 is 42.0. The number of alkyl halides is 3. The second-order valence-corrected chi connectivity index (χ2v) is 7.30. The number of thiophene rings is 1. The molecule has 0 spiro atoms. The molecule has 27 heavy (non-hydrogen) atoms. The highest BCUT2D eigenvalue weighted by Gasteiger charge is 2.70. The van der Waals surface area contributed by atoms with Crippen LogP contribution in [0.25, 0.3) is 0 Å². The molecule has 3 rings (SSSR count). The largest absolute Gasteiger partial charge is 0.437 e. The minimum absolute atomic E-state index is 0.0831. The first-order valence-electron chi connectivity index (χ1n) is 8.03. The maximum absolute atomic E-state index is 14.0. The predicted octanol–water partition coefficient (Wildman–Crippen LogP) is 3.54. The number of ketones is 1. The molecule has 1 aromatic carbocycles. The maximum atomic E-state index is 14.0. The third-order valence-corrected chi connectivity index (χ3v) is 5.76. The van der Waals surface area contributed by atoms with Gasteiger partial charge in [-0.15, -0.1) is 11.3 Å². The molecule has 1 aliphatic rings. The van der Waals surface area contributed by atoms with E-state index in [1.165, 1.54) is 25.2 Å². The van der Waals surface area contributed by atoms with Crippen molar-refractivity contribution in [1.29, 1.82) is 0 Å². The Kier molecular flexibility index (Phi) is 4.77. The van der Waals surface area contributed by atoms with Crippen molar-refractivity contribution in [2.75, 3.05) is 14.1 Å². The summed E-state index contributed by atoms with van der Waals surface area (Å²) in [7, 11) is 2.17. The second kappa shape index (κ2) is 6.65. The Balaban J connectivity index is 2.25. The predicted molar refractivity (Wildman–Crippen MR) is 93.2 cm³/mol. The molecule has 0 saturated carbocycles. The number of rotatable bonds is 3. The summed E-state index contributed by atoms with van der Waals surface area (Å²) in [4.78, 5) is 26.9. The third kappa shape index (κ3) is 2.90. The number of amides is 2. The van der Waals surface area contributed by atoms with Gasteiger partial charge in [-0.2, -0.15) is 13.2 Å². The van der Waals surface area contributed by atoms with Gasteiger partial charge in [0.05, 0.1) is 10.9 Å². The van der Waals surface area contributed by atoms with Gasteiger partial charge in [0.1, 0.15) is 5.92 Å². The molecular weight excluding hydrogens is 381 g/mol. The number of carbonyl (C=O) groups is 2. The zero-order chi connectivity index (χ0) is 20.0. The van der Waals surface area contributed by atoms with Crippen LogP contribution in [0.4, 0.5) is 18.0 Å². The lowest BCUT2D eigenvalue weighted by molar-refractivity contribution is -0.328. The Hall–Kier alpha value is -2.39. The maximum Gasteiger partial charge on any atom is 0.437 e. The van der Waals surface area contributed by atoms with E-state index in [1.807, 2.05) is 0 Å². The van der Waals surface area contributed by atoms with Gasteiger partial charge in [-0.3, -0.25) is 9.69 Å². The number of hydrogen-bond donors (Lipinski definition) is 1. The monoisotopic (exact) mass is 398 g/mol. The van der Waals surface area contributed by atoms with Gasteiger partial charge in [-0.25, -0.2) is 4.79 Å². The topological polar surface area (TPSA) is 60.9 Å². The lowest BCUT2D eigenvalue weighted by atomic mass is 9.77. The minimum Gasteiger partial charge on any atom is -0.363 e. The fourth-order valence-electron chi connectivity index (χ4n) is 3.48. The number of nitrogens with zero attached hydrogens (tertiary/aromatic N) is 2. The summed E-state index contributed by atoms with van der Waals surface area (Å²) in [6, 6.07) is 8.58. The molecule has 2 aromatic rings. The summed E-state index contributed by atoms with van der Waals surface area (Å²) in [5.41, 5.74) is -3.31. The molecule has 1 N–H and O–H groups in total. The number of urea groups is 1. The lowest BCUT2D eigenvalue weighted by Gasteiger charge is -2.53. The summed E-state index contributed by atoms with van der Waals surface area (Å²) in [6.07, 6.45) is -5.23. The quantitative estimate of drug-likeness (QED) is 0.805. The van der Waals surface area contributed by atoms with Crippen LogP contribution in [-0.4, -0.2) is 52.7 Å². The van der Waals surface area contributed by atoms with Crippen LogP contribution in [0.5, 0.6) is 0 Å². The van der Waals surface area contributed by atoms with Crippen molar-refractivity contribution in [3.05, 3.63) is 58.3 Å². The van der Waals surface area contributed by atoms with Gasteiger partial charge in [0.25, 0.3) is 5.72 Å². The number of Topliss-reactive ketones (excluding diaryl/α,β-unsaturated/α-hetero) is 1. The Morgan fingerprint density at radius 1 is 1.15 bits per heavy atom. The van der Waals surface area contributed by atoms with Crippen LogP contribution in [0.3, 0.4) is 0 Å². The standard InChI is InChI=1S/C18H17F3N2O3S/c1-22-14(11-7-4-3-5-8-11)13(15(24)12-9-6-10-27-12)17(26,18(19,20)21)23(2)16(22)25/h3-10,13-14,26H,1-2H3/t13-,14-,17-/m1/s1. The zero-order valence-electron chi connectivity index (χ0n) is 14.5. The highest BCUT2D eigenvalue weighted by Crippen LogP contribution is 2.50. The average molecular weight is 398 g/mol. The number of aliphatic hydroxyl groups is 1. The molecule has 5 nitrogen and oxygen atoms in total. The van der Waals surface area contributed by atoms with Crippen LogP contribution >= 0.6 is 11.3 Å². The minimum atomic E-state index is -5.23. The van der Waals surface area contributed by atoms with Crippen molar-refractivity contribution in [2.24, 2.45) is 5.92 Å². The van der Waals surface area contributed by atoms with Crippen molar-refractivity contribution in [3.63, 3.8) is 0 Å². The van der Waals surface area contributed by atoms with Gasteiger partial charge in [-0.1, -0.05) is 36.4 Å². The highest BCUT2D eigenvalue weighted by atomic mass is 32.1. The van der Waals surface area contributed by atoms with E-state index in [2.05, 4.69) is 0 Å². The van der Waals surface area contributed by atoms with Gasteiger partial charge in [0, 0.05) is 14.1 Å². The Morgan fingerprint density at radius 2 is 1.78 bits per heavy atom. The van der Waals surface area contributed by atoms with Gasteiger partial charge in [-0.05, 0) is 17.0 Å². The van der Waals surface area contributed by atoms with Crippen molar-refractivity contribution < 1.29 is 27.9 Å². The molecule has 0 aliphatic carbocycles. The van der Waals surface area contributed by atoms with E-state index in [0.29, 0.717) is 5.56 Å². The molecule has 2 amide bonds. The van der Waals surface area contributed by atoms with Crippen LogP contribution in [0, 0.1) is 5.92 Å². The number of hydrogen-bond acceptors (Lipinski definition) is 4. The van der Waals surface area contributed by atoms with Crippen molar-refractivity contribution >= 4 is 23.2 Å². The lowest BCUT2D eigenvalue weighted by Crippen LogP contribution is -2.72. The molecule has 1 aromatic heterocycles. The first-order chi connectivity index (χ1) is 12.6. The van der Waals surface area contributed by atoms with E-state index in [1.54, 1.807) is 29.6 Å².